The lowest BCUT2D eigenvalue weighted by Gasteiger charge is -2.29. The first kappa shape index (κ1) is 13.8. The predicted octanol–water partition coefficient (Wildman–Crippen LogP) is 2.67. The number of carbonyl (C=O) groups is 1. The van der Waals surface area contributed by atoms with Crippen molar-refractivity contribution in [1.82, 2.24) is 5.32 Å². The molecule has 1 N–H and O–H groups in total. The van der Waals surface area contributed by atoms with Crippen molar-refractivity contribution < 1.29 is 18.0 Å². The van der Waals surface area contributed by atoms with Crippen LogP contribution >= 0.6 is 0 Å². The Hall–Kier alpha value is -1.25. The third kappa shape index (κ3) is 3.91. The van der Waals surface area contributed by atoms with Gasteiger partial charge in [-0.1, -0.05) is 32.1 Å². The van der Waals surface area contributed by atoms with Gasteiger partial charge < -0.3 is 5.32 Å². The van der Waals surface area contributed by atoms with E-state index in [9.17, 15) is 18.0 Å². The Morgan fingerprint density at radius 2 is 1.59 bits per heavy atom. The molecule has 1 fully saturated rings. The molecule has 6 heteroatoms. The Labute approximate surface area is 98.0 Å². The summed E-state index contributed by atoms with van der Waals surface area (Å²) in [5, 5.41) is 10.9. The summed E-state index contributed by atoms with van der Waals surface area (Å²) in [5.41, 5.74) is -1.34. The molecule has 3 nitrogen and oxygen atoms in total. The third-order valence-electron chi connectivity index (χ3n) is 3.03. The molecule has 0 spiro atoms. The Bertz CT molecular complexity index is 312. The van der Waals surface area contributed by atoms with Gasteiger partial charge in [0.15, 0.2) is 0 Å². The van der Waals surface area contributed by atoms with Crippen molar-refractivity contribution in [3.05, 3.63) is 0 Å². The Morgan fingerprint density at radius 1 is 1.12 bits per heavy atom. The van der Waals surface area contributed by atoms with Gasteiger partial charge >= 0.3 is 12.1 Å². The van der Waals surface area contributed by atoms with Crippen molar-refractivity contribution in [2.45, 2.75) is 56.7 Å². The lowest BCUT2D eigenvalue weighted by molar-refractivity contribution is -0.175. The van der Waals surface area contributed by atoms with E-state index in [1.54, 1.807) is 0 Å². The predicted molar refractivity (Wildman–Crippen MR) is 54.9 cm³/mol. The Balaban J connectivity index is 2.73. The quantitative estimate of drug-likeness (QED) is 0.775. The van der Waals surface area contributed by atoms with E-state index < -0.39 is 17.6 Å². The maximum Gasteiger partial charge on any atom is 0.471 e. The first-order valence-electron chi connectivity index (χ1n) is 5.70. The van der Waals surface area contributed by atoms with Gasteiger partial charge in [0.25, 0.3) is 0 Å². The molecule has 1 aliphatic rings. The molecule has 0 aromatic heterocycles. The van der Waals surface area contributed by atoms with Gasteiger partial charge in [0.05, 0.1) is 6.07 Å². The lowest BCUT2D eigenvalue weighted by Crippen LogP contribution is -2.52. The highest BCUT2D eigenvalue weighted by atomic mass is 19.4. The molecule has 96 valence electrons. The maximum atomic E-state index is 12.2. The number of hydrogen-bond acceptors (Lipinski definition) is 2. The molecule has 0 heterocycles. The first-order valence-corrected chi connectivity index (χ1v) is 5.70. The molecule has 0 radical (unpaired) electrons. The van der Waals surface area contributed by atoms with E-state index in [2.05, 4.69) is 0 Å². The van der Waals surface area contributed by atoms with Crippen LogP contribution < -0.4 is 5.32 Å². The molecular formula is C11H15F3N2O. The molecule has 0 atom stereocenters. The van der Waals surface area contributed by atoms with E-state index in [0.29, 0.717) is 25.7 Å². The zero-order chi connectivity index (χ0) is 12.9. The van der Waals surface area contributed by atoms with E-state index in [-0.39, 0.29) is 0 Å². The van der Waals surface area contributed by atoms with E-state index in [0.717, 1.165) is 19.3 Å². The Morgan fingerprint density at radius 3 is 2.00 bits per heavy atom. The zero-order valence-electron chi connectivity index (χ0n) is 9.44. The molecule has 0 aromatic carbocycles. The van der Waals surface area contributed by atoms with E-state index in [1.165, 1.54) is 0 Å². The zero-order valence-corrected chi connectivity index (χ0v) is 9.44. The van der Waals surface area contributed by atoms with Crippen LogP contribution in [0.2, 0.25) is 0 Å². The van der Waals surface area contributed by atoms with Crippen LogP contribution in [0.5, 0.6) is 0 Å². The summed E-state index contributed by atoms with van der Waals surface area (Å²) < 4.78 is 36.5. The fraction of sp³-hybridized carbons (Fsp3) is 0.818. The summed E-state index contributed by atoms with van der Waals surface area (Å²) in [5.74, 6) is -2.01. The summed E-state index contributed by atoms with van der Waals surface area (Å²) >= 11 is 0. The van der Waals surface area contributed by atoms with Crippen molar-refractivity contribution >= 4 is 5.91 Å². The molecule has 0 saturated heterocycles. The normalized spacial score (nSPS) is 20.8. The summed E-state index contributed by atoms with van der Waals surface area (Å²) in [7, 11) is 0. The molecule has 0 aromatic rings. The molecule has 0 unspecified atom stereocenters. The SMILES string of the molecule is N#CC1(NC(=O)C(F)(F)F)CCCCCCC1. The summed E-state index contributed by atoms with van der Waals surface area (Å²) in [6, 6.07) is 1.86. The van der Waals surface area contributed by atoms with Crippen LogP contribution in [0.4, 0.5) is 13.2 Å². The fourth-order valence-corrected chi connectivity index (χ4v) is 2.06. The molecule has 0 aliphatic heterocycles. The minimum atomic E-state index is -4.92. The van der Waals surface area contributed by atoms with Gasteiger partial charge in [-0.2, -0.15) is 18.4 Å². The van der Waals surface area contributed by atoms with Crippen molar-refractivity contribution in [3.8, 4) is 6.07 Å². The number of hydrogen-bond donors (Lipinski definition) is 1. The molecule has 1 rings (SSSR count). The highest BCUT2D eigenvalue weighted by molar-refractivity contribution is 5.82. The van der Waals surface area contributed by atoms with Crippen LogP contribution in [0.25, 0.3) is 0 Å². The molecule has 1 amide bonds. The second-order valence-electron chi connectivity index (χ2n) is 4.41. The van der Waals surface area contributed by atoms with Crippen LogP contribution in [0.1, 0.15) is 44.9 Å². The van der Waals surface area contributed by atoms with Gasteiger partial charge in [0.2, 0.25) is 0 Å². The summed E-state index contributed by atoms with van der Waals surface area (Å²) in [6.45, 7) is 0. The second kappa shape index (κ2) is 5.39. The second-order valence-corrected chi connectivity index (χ2v) is 4.41. The topological polar surface area (TPSA) is 52.9 Å². The van der Waals surface area contributed by atoms with Gasteiger partial charge in [0, 0.05) is 0 Å². The minimum Gasteiger partial charge on any atom is -0.330 e. The van der Waals surface area contributed by atoms with Crippen LogP contribution in [0.3, 0.4) is 0 Å². The van der Waals surface area contributed by atoms with E-state index in [1.807, 2.05) is 11.4 Å². The van der Waals surface area contributed by atoms with Crippen LogP contribution in [0.15, 0.2) is 0 Å². The highest BCUT2D eigenvalue weighted by Crippen LogP contribution is 2.27. The van der Waals surface area contributed by atoms with Gasteiger partial charge in [-0.25, -0.2) is 0 Å². The number of alkyl halides is 3. The fourth-order valence-electron chi connectivity index (χ4n) is 2.06. The van der Waals surface area contributed by atoms with Gasteiger partial charge in [0.1, 0.15) is 5.54 Å². The van der Waals surface area contributed by atoms with Crippen LogP contribution in [-0.4, -0.2) is 17.6 Å². The number of nitrogens with one attached hydrogen (secondary N) is 1. The van der Waals surface area contributed by atoms with Crippen LogP contribution in [0, 0.1) is 11.3 Å². The standard InChI is InChI=1S/C11H15F3N2O/c12-11(13,14)9(17)16-10(8-15)6-4-2-1-3-5-7-10/h1-7H2,(H,16,17). The van der Waals surface area contributed by atoms with Crippen molar-refractivity contribution in [1.29, 1.82) is 5.26 Å². The molecular weight excluding hydrogens is 233 g/mol. The van der Waals surface area contributed by atoms with Crippen molar-refractivity contribution in [3.63, 3.8) is 0 Å². The van der Waals surface area contributed by atoms with Crippen molar-refractivity contribution in [2.24, 2.45) is 0 Å². The van der Waals surface area contributed by atoms with E-state index in [4.69, 9.17) is 5.26 Å². The number of nitrogens with zero attached hydrogens (tertiary/aromatic N) is 1. The number of amides is 1. The molecule has 17 heavy (non-hydrogen) atoms. The van der Waals surface area contributed by atoms with E-state index >= 15 is 0 Å². The van der Waals surface area contributed by atoms with Gasteiger partial charge in [-0.15, -0.1) is 0 Å². The smallest absolute Gasteiger partial charge is 0.330 e. The average molecular weight is 248 g/mol. The molecule has 1 aliphatic carbocycles. The average Bonchev–Trinajstić information content (AvgIpc) is 2.21. The number of carbonyl (C=O) groups excluding carboxylic acids is 1. The number of halogens is 3. The first-order chi connectivity index (χ1) is 7.90. The number of rotatable bonds is 1. The molecule has 1 saturated carbocycles. The van der Waals surface area contributed by atoms with Crippen molar-refractivity contribution in [2.75, 3.05) is 0 Å². The summed E-state index contributed by atoms with van der Waals surface area (Å²) in [4.78, 5) is 10.9. The summed E-state index contributed by atoms with van der Waals surface area (Å²) in [6.07, 6.45) is -0.161. The van der Waals surface area contributed by atoms with Gasteiger partial charge in [-0.05, 0) is 12.8 Å². The number of nitriles is 1. The minimum absolute atomic E-state index is 0.297. The van der Waals surface area contributed by atoms with Crippen LogP contribution in [-0.2, 0) is 4.79 Å². The monoisotopic (exact) mass is 248 g/mol. The highest BCUT2D eigenvalue weighted by Gasteiger charge is 2.44. The maximum absolute atomic E-state index is 12.2. The lowest BCUT2D eigenvalue weighted by atomic mass is 9.85. The Kier molecular flexibility index (Phi) is 4.38. The molecule has 0 bridgehead atoms. The third-order valence-corrected chi connectivity index (χ3v) is 3.03. The largest absolute Gasteiger partial charge is 0.471 e. The van der Waals surface area contributed by atoms with Gasteiger partial charge in [-0.3, -0.25) is 4.79 Å².